The lowest BCUT2D eigenvalue weighted by atomic mass is 10.1. The third kappa shape index (κ3) is 2.52. The smallest absolute Gasteiger partial charge is 0.322 e. The van der Waals surface area contributed by atoms with E-state index >= 15 is 0 Å². The molecule has 0 radical (unpaired) electrons. The number of sulfonamides is 1. The maximum Gasteiger partial charge on any atom is 0.322 e. The molecule has 1 saturated heterocycles. The van der Waals surface area contributed by atoms with E-state index in [4.69, 9.17) is 9.47 Å². The van der Waals surface area contributed by atoms with E-state index in [1.54, 1.807) is 12.1 Å². The third-order valence-corrected chi connectivity index (χ3v) is 5.79. The van der Waals surface area contributed by atoms with Crippen molar-refractivity contribution in [1.29, 1.82) is 0 Å². The van der Waals surface area contributed by atoms with Crippen molar-refractivity contribution in [3.63, 3.8) is 0 Å². The summed E-state index contributed by atoms with van der Waals surface area (Å²) in [6.07, 6.45) is 1.67. The van der Waals surface area contributed by atoms with Gasteiger partial charge in [-0.1, -0.05) is 6.07 Å². The summed E-state index contributed by atoms with van der Waals surface area (Å²) in [7, 11) is -3.95. The molecule has 0 amide bonds. The first-order chi connectivity index (χ1) is 10.5. The molecule has 2 heterocycles. The molecule has 1 N–H and O–H groups in total. The molecule has 3 rings (SSSR count). The van der Waals surface area contributed by atoms with Gasteiger partial charge < -0.3 is 14.6 Å². The van der Waals surface area contributed by atoms with Crippen molar-refractivity contribution in [2.75, 3.05) is 19.8 Å². The normalized spacial score (nSPS) is 22.3. The zero-order chi connectivity index (χ0) is 15.7. The zero-order valence-electron chi connectivity index (χ0n) is 11.9. The van der Waals surface area contributed by atoms with Crippen molar-refractivity contribution < 1.29 is 27.8 Å². The van der Waals surface area contributed by atoms with Gasteiger partial charge in [0.05, 0.1) is 0 Å². The number of aliphatic carboxylic acids is 1. The number of ether oxygens (including phenoxy) is 2. The van der Waals surface area contributed by atoms with Gasteiger partial charge in [0.25, 0.3) is 0 Å². The van der Waals surface area contributed by atoms with Crippen LogP contribution in [0.3, 0.4) is 0 Å². The molecule has 7 nitrogen and oxygen atoms in total. The molecule has 0 aromatic heterocycles. The lowest BCUT2D eigenvalue weighted by molar-refractivity contribution is -0.142. The summed E-state index contributed by atoms with van der Waals surface area (Å²) < 4.78 is 37.7. The van der Waals surface area contributed by atoms with Gasteiger partial charge >= 0.3 is 5.97 Å². The Labute approximate surface area is 128 Å². The maximum atomic E-state index is 12.9. The Hall–Kier alpha value is -1.80. The second kappa shape index (κ2) is 5.77. The molecule has 2 aliphatic rings. The minimum absolute atomic E-state index is 0.0298. The minimum Gasteiger partial charge on any atom is -0.486 e. The first kappa shape index (κ1) is 15.1. The topological polar surface area (TPSA) is 93.1 Å². The van der Waals surface area contributed by atoms with Gasteiger partial charge in [-0.15, -0.1) is 0 Å². The molecule has 1 fully saturated rings. The van der Waals surface area contributed by atoms with Gasteiger partial charge in [0.15, 0.2) is 11.5 Å². The molecule has 0 spiro atoms. The molecule has 0 saturated carbocycles. The summed E-state index contributed by atoms with van der Waals surface area (Å²) in [4.78, 5) is 11.3. The van der Waals surface area contributed by atoms with Crippen LogP contribution >= 0.6 is 0 Å². The van der Waals surface area contributed by atoms with E-state index in [-0.39, 0.29) is 23.8 Å². The number of para-hydroxylation sites is 1. The largest absolute Gasteiger partial charge is 0.486 e. The Morgan fingerprint density at radius 3 is 2.77 bits per heavy atom. The van der Waals surface area contributed by atoms with Crippen LogP contribution in [0.1, 0.15) is 19.3 Å². The van der Waals surface area contributed by atoms with Gasteiger partial charge in [0.2, 0.25) is 10.0 Å². The highest BCUT2D eigenvalue weighted by atomic mass is 32.2. The van der Waals surface area contributed by atoms with Crippen molar-refractivity contribution in [3.05, 3.63) is 18.2 Å². The third-order valence-electron chi connectivity index (χ3n) is 3.86. The van der Waals surface area contributed by atoms with Crippen molar-refractivity contribution in [1.82, 2.24) is 4.31 Å². The molecule has 22 heavy (non-hydrogen) atoms. The number of carboxylic acids is 1. The van der Waals surface area contributed by atoms with Crippen molar-refractivity contribution in [2.45, 2.75) is 30.2 Å². The number of benzene rings is 1. The van der Waals surface area contributed by atoms with Crippen LogP contribution in [0, 0.1) is 0 Å². The highest BCUT2D eigenvalue weighted by Crippen LogP contribution is 2.39. The van der Waals surface area contributed by atoms with Crippen LogP contribution in [-0.2, 0) is 14.8 Å². The Kier molecular flexibility index (Phi) is 3.96. The van der Waals surface area contributed by atoms with Crippen molar-refractivity contribution in [3.8, 4) is 11.5 Å². The van der Waals surface area contributed by atoms with Gasteiger partial charge in [0.1, 0.15) is 24.2 Å². The number of piperidine rings is 1. The molecular weight excluding hydrogens is 310 g/mol. The van der Waals surface area contributed by atoms with E-state index < -0.39 is 22.0 Å². The minimum atomic E-state index is -3.95. The van der Waals surface area contributed by atoms with Gasteiger partial charge in [-0.05, 0) is 31.4 Å². The fourth-order valence-corrected chi connectivity index (χ4v) is 4.61. The molecular formula is C14H17NO6S. The van der Waals surface area contributed by atoms with Gasteiger partial charge in [-0.2, -0.15) is 4.31 Å². The number of carboxylic acid groups (broad SMARTS) is 1. The number of carbonyl (C=O) groups is 1. The van der Waals surface area contributed by atoms with E-state index in [2.05, 4.69) is 0 Å². The second-order valence-electron chi connectivity index (χ2n) is 5.25. The average molecular weight is 327 g/mol. The zero-order valence-corrected chi connectivity index (χ0v) is 12.7. The van der Waals surface area contributed by atoms with Crippen LogP contribution < -0.4 is 9.47 Å². The van der Waals surface area contributed by atoms with Crippen molar-refractivity contribution in [2.24, 2.45) is 0 Å². The standard InChI is InChI=1S/C14H17NO6S/c16-14(17)10-4-1-2-7-15(10)22(18,19)12-6-3-5-11-13(12)21-9-8-20-11/h3,5-6,10H,1-2,4,7-9H2,(H,16,17). The highest BCUT2D eigenvalue weighted by molar-refractivity contribution is 7.89. The summed E-state index contributed by atoms with van der Waals surface area (Å²) >= 11 is 0. The Bertz CT molecular complexity index is 687. The number of fused-ring (bicyclic) bond motifs is 1. The number of hydrogen-bond acceptors (Lipinski definition) is 5. The maximum absolute atomic E-state index is 12.9. The monoisotopic (exact) mass is 327 g/mol. The van der Waals surface area contributed by atoms with Crippen molar-refractivity contribution >= 4 is 16.0 Å². The van der Waals surface area contributed by atoms with E-state index in [9.17, 15) is 18.3 Å². The molecule has 0 bridgehead atoms. The number of rotatable bonds is 3. The molecule has 1 unspecified atom stereocenters. The number of nitrogens with zero attached hydrogens (tertiary/aromatic N) is 1. The van der Waals surface area contributed by atoms with E-state index in [1.807, 2.05) is 0 Å². The van der Waals surface area contributed by atoms with E-state index in [0.29, 0.717) is 31.6 Å². The van der Waals surface area contributed by atoms with Crippen LogP contribution in [0.25, 0.3) is 0 Å². The Balaban J connectivity index is 2.04. The summed E-state index contributed by atoms with van der Waals surface area (Å²) in [6.45, 7) is 0.823. The molecule has 0 aliphatic carbocycles. The summed E-state index contributed by atoms with van der Waals surface area (Å²) in [5.74, 6) is -0.579. The van der Waals surface area contributed by atoms with E-state index in [0.717, 1.165) is 4.31 Å². The fraction of sp³-hybridized carbons (Fsp3) is 0.500. The molecule has 2 aliphatic heterocycles. The molecule has 1 aromatic carbocycles. The van der Waals surface area contributed by atoms with Crippen LogP contribution in [0.15, 0.2) is 23.1 Å². The summed E-state index contributed by atoms with van der Waals surface area (Å²) in [5, 5.41) is 9.30. The highest BCUT2D eigenvalue weighted by Gasteiger charge is 2.39. The number of hydrogen-bond donors (Lipinski definition) is 1. The molecule has 1 aromatic rings. The lowest BCUT2D eigenvalue weighted by Gasteiger charge is -2.32. The van der Waals surface area contributed by atoms with E-state index in [1.165, 1.54) is 6.07 Å². The predicted octanol–water partition coefficient (Wildman–Crippen LogP) is 1.09. The molecule has 1 atom stereocenters. The summed E-state index contributed by atoms with van der Waals surface area (Å²) in [5.41, 5.74) is 0. The molecule has 8 heteroatoms. The molecule has 120 valence electrons. The lowest BCUT2D eigenvalue weighted by Crippen LogP contribution is -2.47. The van der Waals surface area contributed by atoms with Crippen LogP contribution in [0.5, 0.6) is 11.5 Å². The first-order valence-electron chi connectivity index (χ1n) is 7.15. The average Bonchev–Trinajstić information content (AvgIpc) is 2.54. The Morgan fingerprint density at radius 2 is 2.00 bits per heavy atom. The van der Waals surface area contributed by atoms with Gasteiger partial charge in [-0.3, -0.25) is 4.79 Å². The van der Waals surface area contributed by atoms with Crippen LogP contribution in [0.2, 0.25) is 0 Å². The fourth-order valence-electron chi connectivity index (χ4n) is 2.82. The predicted molar refractivity (Wildman–Crippen MR) is 76.6 cm³/mol. The van der Waals surface area contributed by atoms with Gasteiger partial charge in [0, 0.05) is 6.54 Å². The summed E-state index contributed by atoms with van der Waals surface area (Å²) in [6, 6.07) is 3.61. The van der Waals surface area contributed by atoms with Gasteiger partial charge in [-0.25, -0.2) is 8.42 Å². The quantitative estimate of drug-likeness (QED) is 0.893. The Morgan fingerprint density at radius 1 is 1.23 bits per heavy atom. The van der Waals surface area contributed by atoms with Crippen LogP contribution in [0.4, 0.5) is 0 Å². The first-order valence-corrected chi connectivity index (χ1v) is 8.59. The second-order valence-corrected chi connectivity index (χ2v) is 7.10. The van der Waals surface area contributed by atoms with Crippen LogP contribution in [-0.4, -0.2) is 49.6 Å². The SMILES string of the molecule is O=C(O)C1CCCCN1S(=O)(=O)c1cccc2c1OCCO2.